The van der Waals surface area contributed by atoms with E-state index in [0.29, 0.717) is 32.1 Å². The fourth-order valence-electron chi connectivity index (χ4n) is 16.9. The molecule has 0 bridgehead atoms. The molecule has 2 unspecified atom stereocenters. The Labute approximate surface area is 621 Å². The number of amides is 12. The topological polar surface area (TPSA) is 279 Å². The Morgan fingerprint density at radius 3 is 1.84 bits per heavy atom. The maximum atomic E-state index is 15.7. The molecule has 13 atom stereocenters. The van der Waals surface area contributed by atoms with E-state index < -0.39 is 193 Å². The smallest absolute Gasteiger partial charge is 0.377 e. The molecule has 0 aromatic heterocycles. The van der Waals surface area contributed by atoms with Crippen LogP contribution in [0.5, 0.6) is 0 Å². The second-order valence-electron chi connectivity index (χ2n) is 31.7. The molecule has 25 nitrogen and oxygen atoms in total. The lowest BCUT2D eigenvalue weighted by Crippen LogP contribution is -2.65. The second kappa shape index (κ2) is 37.6. The van der Waals surface area contributed by atoms with Crippen molar-refractivity contribution in [3.63, 3.8) is 0 Å². The summed E-state index contributed by atoms with van der Waals surface area (Å²) in [5.74, 6) is -12.9. The lowest BCUT2D eigenvalue weighted by atomic mass is 9.76. The van der Waals surface area contributed by atoms with Gasteiger partial charge in [-0.2, -0.15) is 13.2 Å². The van der Waals surface area contributed by atoms with Crippen LogP contribution >= 0.6 is 11.8 Å². The lowest BCUT2D eigenvalue weighted by Gasteiger charge is -2.45. The molecular formula is C74H119F5N12O13S. The van der Waals surface area contributed by atoms with E-state index in [2.05, 4.69) is 16.0 Å². The summed E-state index contributed by atoms with van der Waals surface area (Å²) in [5.41, 5.74) is -1.63. The van der Waals surface area contributed by atoms with E-state index in [4.69, 9.17) is 4.74 Å². The first-order chi connectivity index (χ1) is 49.4. The highest BCUT2D eigenvalue weighted by atomic mass is 32.2. The minimum atomic E-state index is -5.17. The number of fused-ring (bicyclic) bond motifs is 2. The van der Waals surface area contributed by atoms with Gasteiger partial charge in [-0.15, -0.1) is 11.8 Å². The van der Waals surface area contributed by atoms with Gasteiger partial charge >= 0.3 is 6.18 Å². The Hall–Kier alpha value is -6.40. The van der Waals surface area contributed by atoms with Crippen LogP contribution in [-0.2, 0) is 62.3 Å². The van der Waals surface area contributed by atoms with Gasteiger partial charge in [-0.1, -0.05) is 91.9 Å². The van der Waals surface area contributed by atoms with Crippen LogP contribution in [0.4, 0.5) is 22.0 Å². The van der Waals surface area contributed by atoms with E-state index in [1.165, 1.54) is 103 Å². The van der Waals surface area contributed by atoms with E-state index >= 15 is 32.8 Å². The molecule has 0 radical (unpaired) electrons. The van der Waals surface area contributed by atoms with Crippen LogP contribution in [0.2, 0.25) is 0 Å². The maximum absolute atomic E-state index is 15.7. The number of ether oxygens (including phenoxy) is 1. The number of nitrogens with zero attached hydrogens (tertiary/aromatic N) is 9. The maximum Gasteiger partial charge on any atom is 0.397 e. The highest BCUT2D eigenvalue weighted by Gasteiger charge is 2.56. The Morgan fingerprint density at radius 2 is 1.28 bits per heavy atom. The Bertz CT molecular complexity index is 3070. The third-order valence-electron chi connectivity index (χ3n) is 23.8. The zero-order valence-corrected chi connectivity index (χ0v) is 65.1. The molecule has 3 saturated heterocycles. The van der Waals surface area contributed by atoms with E-state index in [9.17, 15) is 46.7 Å². The Balaban J connectivity index is 1.28. The second-order valence-corrected chi connectivity index (χ2v) is 32.8. The van der Waals surface area contributed by atoms with E-state index in [1.54, 1.807) is 13.8 Å². The monoisotopic (exact) mass is 1510 g/mol. The summed E-state index contributed by atoms with van der Waals surface area (Å²) in [7, 11) is 11.7. The van der Waals surface area contributed by atoms with Crippen LogP contribution < -0.4 is 16.0 Å². The summed E-state index contributed by atoms with van der Waals surface area (Å²) < 4.78 is 78.8. The van der Waals surface area contributed by atoms with Crippen LogP contribution in [0.15, 0.2) is 0 Å². The minimum absolute atomic E-state index is 0.0209. The molecule has 594 valence electrons. The molecule has 105 heavy (non-hydrogen) atoms. The van der Waals surface area contributed by atoms with Crippen molar-refractivity contribution in [3.8, 4) is 0 Å². The highest BCUT2D eigenvalue weighted by Crippen LogP contribution is 2.45. The number of hydrogen-bond acceptors (Lipinski definition) is 14. The number of thioether (sulfide) groups is 1. The predicted octanol–water partition coefficient (Wildman–Crippen LogP) is 5.74. The van der Waals surface area contributed by atoms with Crippen molar-refractivity contribution in [3.05, 3.63) is 0 Å². The van der Waals surface area contributed by atoms with E-state index in [0.717, 1.165) is 61.6 Å². The molecule has 7 fully saturated rings. The first kappa shape index (κ1) is 85.8. The van der Waals surface area contributed by atoms with E-state index in [-0.39, 0.29) is 100 Å². The molecular weight excluding hydrogens is 1390 g/mol. The van der Waals surface area contributed by atoms with Crippen molar-refractivity contribution < 1.29 is 84.2 Å². The standard InChI is InChI=1S/C74H119F5N12O13S/c1-15-44(5)61-70(101)85(10)45(6)65(96)90-33-30-53(90)69(100)87(12)56(37-46-24-18-17-19-25-46)68(99)84(9)40-58(92)80-52(29-28-47-35-50(75)60(51(76)36-47)74(77,78)79)66(97)91-39-49(104-16-2)38-55(91)64(95)82-73(31-22-23-32-73)72(103)89(14)62(48-26-20-21-27-48)71(102)88(13)57(67(98)83(7)8)41-105-42-59(93)86(11)54(34-43(3)4)63(94)81-61/h43-57,60-62H,15-42H2,1-14H3,(H,80,92)(H,81,94)(H,82,95)/t44-,45-,47?,49+,50?,51?,52-,53-,54-,55-,56-,57-,60?,61-,62-/m0/s1. The third kappa shape index (κ3) is 20.7. The van der Waals surface area contributed by atoms with Gasteiger partial charge in [0, 0.05) is 88.3 Å². The molecule has 7 aliphatic rings. The summed E-state index contributed by atoms with van der Waals surface area (Å²) in [4.78, 5) is 191. The summed E-state index contributed by atoms with van der Waals surface area (Å²) >= 11 is 1.07. The Morgan fingerprint density at radius 1 is 0.657 bits per heavy atom. The van der Waals surface area contributed by atoms with Crippen molar-refractivity contribution in [1.82, 2.24) is 60.0 Å². The number of hydrogen-bond donors (Lipinski definition) is 3. The molecule has 12 amide bonds. The summed E-state index contributed by atoms with van der Waals surface area (Å²) in [6, 6.07) is -11.0. The van der Waals surface area contributed by atoms with Crippen LogP contribution in [0.3, 0.4) is 0 Å². The number of rotatable bonds is 13. The van der Waals surface area contributed by atoms with E-state index in [1.807, 2.05) is 20.8 Å². The van der Waals surface area contributed by atoms with Gasteiger partial charge < -0.3 is 64.8 Å². The van der Waals surface area contributed by atoms with Crippen LogP contribution in [0, 0.1) is 35.5 Å². The summed E-state index contributed by atoms with van der Waals surface area (Å²) in [6.07, 6.45) is -4.31. The number of halogens is 5. The zero-order valence-electron chi connectivity index (χ0n) is 64.3. The van der Waals surface area contributed by atoms with Gasteiger partial charge in [-0.25, -0.2) is 8.78 Å². The van der Waals surface area contributed by atoms with Crippen molar-refractivity contribution in [1.29, 1.82) is 0 Å². The number of nitrogens with one attached hydrogen (secondary N) is 3. The van der Waals surface area contributed by atoms with Gasteiger partial charge in [0.2, 0.25) is 70.9 Å². The molecule has 3 N–H and O–H groups in total. The zero-order chi connectivity index (χ0) is 77.9. The van der Waals surface area contributed by atoms with Crippen molar-refractivity contribution >= 4 is 82.6 Å². The molecule has 4 aliphatic carbocycles. The predicted molar refractivity (Wildman–Crippen MR) is 384 cm³/mol. The van der Waals surface area contributed by atoms with Crippen molar-refractivity contribution in [2.75, 3.05) is 94.1 Å². The number of alkyl halides is 5. The molecule has 31 heteroatoms. The average molecular weight is 1510 g/mol. The minimum Gasteiger partial charge on any atom is -0.377 e. The van der Waals surface area contributed by atoms with Crippen molar-refractivity contribution in [2.24, 2.45) is 35.5 Å². The molecule has 3 heterocycles. The van der Waals surface area contributed by atoms with Crippen LogP contribution in [-0.4, -0.2) is 294 Å². The fraction of sp³-hybridized carbons (Fsp3) is 0.838. The van der Waals surface area contributed by atoms with Gasteiger partial charge in [0.15, 0.2) is 0 Å². The highest BCUT2D eigenvalue weighted by molar-refractivity contribution is 8.00. The molecule has 1 spiro atoms. The molecule has 4 saturated carbocycles. The summed E-state index contributed by atoms with van der Waals surface area (Å²) in [6.45, 7) is 9.94. The normalized spacial score (nSPS) is 31.7. The van der Waals surface area contributed by atoms with Gasteiger partial charge in [-0.05, 0) is 114 Å². The molecule has 3 aliphatic heterocycles. The fourth-order valence-corrected chi connectivity index (χ4v) is 18.0. The van der Waals surface area contributed by atoms with Gasteiger partial charge in [0.05, 0.1) is 18.4 Å². The molecule has 0 aromatic rings. The molecule has 0 aromatic carbocycles. The summed E-state index contributed by atoms with van der Waals surface area (Å²) in [5, 5.41) is 8.68. The first-order valence-electron chi connectivity index (χ1n) is 38.3. The van der Waals surface area contributed by atoms with Gasteiger partial charge in [-0.3, -0.25) is 57.5 Å². The first-order valence-corrected chi connectivity index (χ1v) is 39.4. The number of carbonyl (C=O) groups is 12. The SMILES string of the molecule is CCO[C@@H]1C[C@H]2C(=O)NC3(CCCC3)C(=O)N(C)[C@@H](C3CCCC3)C(=O)N(C)[C@H](C(=O)N(C)C)CSCC(=O)N(C)[C@@H](CC(C)C)C(=O)N[C@@H]([C@@H](C)CC)C(=O)N(C)[C@@H](C)C(=O)N3CC[C@H]3C(=O)N(C)[C@@H](CC3CCCCC3)C(=O)N(C)CC(=O)N[C@@H](CCC3CC(F)C(C(F)(F)F)C(F)C3)C(=O)N2C1. The third-order valence-corrected chi connectivity index (χ3v) is 24.8. The largest absolute Gasteiger partial charge is 0.397 e. The molecule has 7 rings (SSSR count). The number of carbonyl (C=O) groups excluding carboxylic acids is 12. The van der Waals surface area contributed by atoms with Crippen LogP contribution in [0.1, 0.15) is 183 Å². The van der Waals surface area contributed by atoms with Gasteiger partial charge in [0.1, 0.15) is 78.2 Å². The lowest BCUT2D eigenvalue weighted by molar-refractivity contribution is -0.219. The average Bonchev–Trinajstić information content (AvgIpc) is 1.71. The van der Waals surface area contributed by atoms with Gasteiger partial charge in [0.25, 0.3) is 0 Å². The quantitative estimate of drug-likeness (QED) is 0.186. The Kier molecular flexibility index (Phi) is 30.8. The van der Waals surface area contributed by atoms with Crippen LogP contribution in [0.25, 0.3) is 0 Å². The van der Waals surface area contributed by atoms with Crippen molar-refractivity contribution in [2.45, 2.75) is 267 Å². The number of likely N-dealkylation sites (N-methyl/N-ethyl adjacent to an activating group) is 7.